The summed E-state index contributed by atoms with van der Waals surface area (Å²) in [4.78, 5) is 38.8. The minimum Gasteiger partial charge on any atom is -0.466 e. The number of sulfonamides is 1. The molecule has 0 saturated carbocycles. The van der Waals surface area contributed by atoms with Crippen molar-refractivity contribution in [1.82, 2.24) is 15.4 Å². The summed E-state index contributed by atoms with van der Waals surface area (Å²) < 4.78 is 38.7. The molecule has 0 aliphatic rings. The molecule has 0 radical (unpaired) electrons. The Bertz CT molecular complexity index is 1440. The molecule has 2 atom stereocenters. The van der Waals surface area contributed by atoms with E-state index in [0.717, 1.165) is 28.3 Å². The van der Waals surface area contributed by atoms with Gasteiger partial charge < -0.3 is 20.1 Å². The molecule has 0 aliphatic heterocycles. The Morgan fingerprint density at radius 3 is 2.32 bits per heavy atom. The van der Waals surface area contributed by atoms with Crippen molar-refractivity contribution < 1.29 is 32.3 Å². The van der Waals surface area contributed by atoms with Gasteiger partial charge in [0.2, 0.25) is 21.8 Å². The Hall–Kier alpha value is -3.80. The number of carbonyl (C=O) groups is 3. The SMILES string of the molecule is CCCCOC(=O)C[C@H](NS(=O)(=O)c1ccc(C)cc1)C(=O)N[C@@H](COC)C(=O)NCc1cccc2ccccc12. The normalized spacial score (nSPS) is 12.9. The van der Waals surface area contributed by atoms with E-state index in [2.05, 4.69) is 15.4 Å². The van der Waals surface area contributed by atoms with Gasteiger partial charge in [-0.2, -0.15) is 4.72 Å². The number of nitrogens with one attached hydrogen (secondary N) is 3. The highest BCUT2D eigenvalue weighted by atomic mass is 32.2. The molecule has 0 saturated heterocycles. The highest BCUT2D eigenvalue weighted by Crippen LogP contribution is 2.18. The molecule has 0 unspecified atom stereocenters. The Labute approximate surface area is 240 Å². The number of fused-ring (bicyclic) bond motifs is 1. The van der Waals surface area contributed by atoms with Crippen LogP contribution < -0.4 is 15.4 Å². The molecule has 3 N–H and O–H groups in total. The molecule has 0 aliphatic carbocycles. The van der Waals surface area contributed by atoms with Crippen LogP contribution in [0.25, 0.3) is 10.8 Å². The van der Waals surface area contributed by atoms with Gasteiger partial charge in [0.15, 0.2) is 0 Å². The van der Waals surface area contributed by atoms with E-state index < -0.39 is 46.3 Å². The third kappa shape index (κ3) is 9.38. The first-order chi connectivity index (χ1) is 19.6. The Kier molecular flexibility index (Phi) is 11.8. The van der Waals surface area contributed by atoms with Crippen LogP contribution in [0.5, 0.6) is 0 Å². The lowest BCUT2D eigenvalue weighted by molar-refractivity contribution is -0.146. The summed E-state index contributed by atoms with van der Waals surface area (Å²) in [5, 5.41) is 7.35. The summed E-state index contributed by atoms with van der Waals surface area (Å²) in [7, 11) is -2.80. The van der Waals surface area contributed by atoms with Crippen LogP contribution in [0.15, 0.2) is 71.6 Å². The molecule has 3 aromatic carbocycles. The summed E-state index contributed by atoms with van der Waals surface area (Å²) in [5.74, 6) is -2.14. The van der Waals surface area contributed by atoms with Crippen molar-refractivity contribution in [3.63, 3.8) is 0 Å². The van der Waals surface area contributed by atoms with Crippen molar-refractivity contribution in [2.45, 2.75) is 56.6 Å². The van der Waals surface area contributed by atoms with E-state index in [1.165, 1.54) is 19.2 Å². The molecular formula is C30H37N3O7S. The average molecular weight is 584 g/mol. The molecule has 10 nitrogen and oxygen atoms in total. The lowest BCUT2D eigenvalue weighted by Gasteiger charge is -2.22. The van der Waals surface area contributed by atoms with E-state index in [4.69, 9.17) is 9.47 Å². The van der Waals surface area contributed by atoms with Gasteiger partial charge in [0.25, 0.3) is 0 Å². The van der Waals surface area contributed by atoms with E-state index in [1.807, 2.05) is 56.3 Å². The van der Waals surface area contributed by atoms with Crippen LogP contribution >= 0.6 is 0 Å². The number of methoxy groups -OCH3 is 1. The van der Waals surface area contributed by atoms with Crippen LogP contribution in [0.2, 0.25) is 0 Å². The fourth-order valence-electron chi connectivity index (χ4n) is 4.09. The van der Waals surface area contributed by atoms with Crippen LogP contribution in [0.3, 0.4) is 0 Å². The average Bonchev–Trinajstić information content (AvgIpc) is 2.95. The van der Waals surface area contributed by atoms with Crippen LogP contribution in [0.4, 0.5) is 0 Å². The Balaban J connectivity index is 1.75. The molecule has 0 heterocycles. The van der Waals surface area contributed by atoms with Gasteiger partial charge in [0.05, 0.1) is 24.5 Å². The topological polar surface area (TPSA) is 140 Å². The maximum atomic E-state index is 13.3. The molecule has 3 aromatic rings. The summed E-state index contributed by atoms with van der Waals surface area (Å²) >= 11 is 0. The molecule has 220 valence electrons. The molecular weight excluding hydrogens is 546 g/mol. The van der Waals surface area contributed by atoms with Gasteiger partial charge in [-0.05, 0) is 41.8 Å². The molecule has 0 fully saturated rings. The van der Waals surface area contributed by atoms with E-state index in [0.29, 0.717) is 6.42 Å². The Morgan fingerprint density at radius 2 is 1.61 bits per heavy atom. The standard InChI is InChI=1S/C30H37N3O7S/c1-4-5-17-40-28(34)18-26(33-41(37,38)24-15-13-21(2)14-16-24)30(36)32-27(20-39-3)29(35)31-19-23-11-8-10-22-9-6-7-12-25(22)23/h6-16,26-27,33H,4-5,17-20H2,1-3H3,(H,31,35)(H,32,36)/t26-,27-/m0/s1. The monoisotopic (exact) mass is 583 g/mol. The smallest absolute Gasteiger partial charge is 0.307 e. The number of rotatable bonds is 15. The minimum atomic E-state index is -4.18. The first kappa shape index (κ1) is 31.7. The van der Waals surface area contributed by atoms with E-state index >= 15 is 0 Å². The first-order valence-electron chi connectivity index (χ1n) is 13.4. The lowest BCUT2D eigenvalue weighted by atomic mass is 10.0. The third-order valence-corrected chi connectivity index (χ3v) is 7.86. The van der Waals surface area contributed by atoms with Crippen molar-refractivity contribution in [2.24, 2.45) is 0 Å². The summed E-state index contributed by atoms with van der Waals surface area (Å²) in [5.41, 5.74) is 1.74. The molecule has 0 aromatic heterocycles. The highest BCUT2D eigenvalue weighted by molar-refractivity contribution is 7.89. The molecule has 2 amide bonds. The predicted molar refractivity (Wildman–Crippen MR) is 155 cm³/mol. The zero-order chi connectivity index (χ0) is 29.8. The molecule has 0 spiro atoms. The first-order valence-corrected chi connectivity index (χ1v) is 14.9. The number of hydrogen-bond donors (Lipinski definition) is 3. The van der Waals surface area contributed by atoms with Gasteiger partial charge in [0.1, 0.15) is 12.1 Å². The summed E-state index contributed by atoms with van der Waals surface area (Å²) in [6.45, 7) is 3.92. The number of unbranched alkanes of at least 4 members (excludes halogenated alkanes) is 1. The van der Waals surface area contributed by atoms with E-state index in [1.54, 1.807) is 12.1 Å². The second-order valence-electron chi connectivity index (χ2n) is 9.64. The second-order valence-corrected chi connectivity index (χ2v) is 11.4. The fourth-order valence-corrected chi connectivity index (χ4v) is 5.29. The van der Waals surface area contributed by atoms with Crippen molar-refractivity contribution in [1.29, 1.82) is 0 Å². The molecule has 3 rings (SSSR count). The lowest BCUT2D eigenvalue weighted by Crippen LogP contribution is -2.55. The van der Waals surface area contributed by atoms with Crippen molar-refractivity contribution >= 4 is 38.6 Å². The number of aryl methyl sites for hydroxylation is 1. The van der Waals surface area contributed by atoms with Gasteiger partial charge in [-0.1, -0.05) is 73.5 Å². The summed E-state index contributed by atoms with van der Waals surface area (Å²) in [6.07, 6.45) is 0.867. The van der Waals surface area contributed by atoms with E-state index in [-0.39, 0.29) is 24.7 Å². The molecule has 41 heavy (non-hydrogen) atoms. The largest absolute Gasteiger partial charge is 0.466 e. The highest BCUT2D eigenvalue weighted by Gasteiger charge is 2.31. The van der Waals surface area contributed by atoms with Gasteiger partial charge in [-0.25, -0.2) is 8.42 Å². The zero-order valence-corrected chi connectivity index (χ0v) is 24.3. The fraction of sp³-hybridized carbons (Fsp3) is 0.367. The number of benzene rings is 3. The van der Waals surface area contributed by atoms with Gasteiger partial charge in [-0.15, -0.1) is 0 Å². The van der Waals surface area contributed by atoms with Crippen molar-refractivity contribution in [3.8, 4) is 0 Å². The summed E-state index contributed by atoms with van der Waals surface area (Å²) in [6, 6.07) is 16.9. The zero-order valence-electron chi connectivity index (χ0n) is 23.5. The van der Waals surface area contributed by atoms with Gasteiger partial charge in [0, 0.05) is 13.7 Å². The maximum Gasteiger partial charge on any atom is 0.307 e. The second kappa shape index (κ2) is 15.3. The minimum absolute atomic E-state index is 0.0680. The third-order valence-electron chi connectivity index (χ3n) is 6.38. The Morgan fingerprint density at radius 1 is 0.902 bits per heavy atom. The number of amides is 2. The number of hydrogen-bond acceptors (Lipinski definition) is 7. The quantitative estimate of drug-likeness (QED) is 0.185. The van der Waals surface area contributed by atoms with Crippen molar-refractivity contribution in [3.05, 3.63) is 77.9 Å². The predicted octanol–water partition coefficient (Wildman–Crippen LogP) is 2.98. The number of carbonyl (C=O) groups excluding carboxylic acids is 3. The van der Waals surface area contributed by atoms with Crippen molar-refractivity contribution in [2.75, 3.05) is 20.3 Å². The molecule has 0 bridgehead atoms. The van der Waals surface area contributed by atoms with E-state index in [9.17, 15) is 22.8 Å². The van der Waals surface area contributed by atoms with Gasteiger partial charge in [-0.3, -0.25) is 14.4 Å². The molecule has 11 heteroatoms. The number of ether oxygens (including phenoxy) is 2. The van der Waals surface area contributed by atoms with Crippen LogP contribution in [-0.2, 0) is 40.4 Å². The van der Waals surface area contributed by atoms with Crippen LogP contribution in [-0.4, -0.2) is 58.6 Å². The maximum absolute atomic E-state index is 13.3. The van der Waals surface area contributed by atoms with Crippen LogP contribution in [0, 0.1) is 6.92 Å². The van der Waals surface area contributed by atoms with Gasteiger partial charge >= 0.3 is 5.97 Å². The van der Waals surface area contributed by atoms with Crippen LogP contribution in [0.1, 0.15) is 37.3 Å². The number of esters is 1.